The molecule has 1 saturated heterocycles. The lowest BCUT2D eigenvalue weighted by atomic mass is 10.1. The van der Waals surface area contributed by atoms with Gasteiger partial charge in [0.05, 0.1) is 19.9 Å². The topological polar surface area (TPSA) is 59.5 Å². The van der Waals surface area contributed by atoms with Gasteiger partial charge in [-0.25, -0.2) is 9.97 Å². The fourth-order valence-corrected chi connectivity index (χ4v) is 2.72. The van der Waals surface area contributed by atoms with Crippen LogP contribution in [0.2, 0.25) is 0 Å². The molecule has 1 aliphatic heterocycles. The van der Waals surface area contributed by atoms with Gasteiger partial charge in [0.2, 0.25) is 5.95 Å². The maximum Gasteiger partial charge on any atom is 0.223 e. The lowest BCUT2D eigenvalue weighted by Crippen LogP contribution is -2.38. The smallest absolute Gasteiger partial charge is 0.223 e. The number of ether oxygens (including phenoxy) is 1. The average Bonchev–Trinajstić information content (AvgIpc) is 2.63. The zero-order valence-corrected chi connectivity index (χ0v) is 13.5. The summed E-state index contributed by atoms with van der Waals surface area (Å²) in [6, 6.07) is 10.2. The molecule has 6 nitrogen and oxygen atoms in total. The molecule has 2 heterocycles. The van der Waals surface area contributed by atoms with Gasteiger partial charge in [-0.05, 0) is 43.2 Å². The first-order valence-electron chi connectivity index (χ1n) is 7.81. The zero-order chi connectivity index (χ0) is 16.1. The number of anilines is 1. The Kier molecular flexibility index (Phi) is 5.05. The van der Waals surface area contributed by atoms with Gasteiger partial charge in [0, 0.05) is 30.9 Å². The average molecular weight is 314 g/mol. The van der Waals surface area contributed by atoms with Crippen LogP contribution < -0.4 is 10.1 Å². The van der Waals surface area contributed by atoms with Crippen LogP contribution in [0.25, 0.3) is 11.3 Å². The van der Waals surface area contributed by atoms with E-state index in [1.807, 2.05) is 35.4 Å². The first-order valence-corrected chi connectivity index (χ1v) is 7.81. The molecule has 2 aromatic rings. The number of piperidine rings is 1. The van der Waals surface area contributed by atoms with Crippen LogP contribution in [0.15, 0.2) is 36.5 Å². The Balaban J connectivity index is 1.67. The van der Waals surface area contributed by atoms with Crippen LogP contribution in [0.3, 0.4) is 0 Å². The van der Waals surface area contributed by atoms with Crippen molar-refractivity contribution in [2.24, 2.45) is 0 Å². The third-order valence-corrected chi connectivity index (χ3v) is 4.09. The van der Waals surface area contributed by atoms with Crippen molar-refractivity contribution >= 4 is 5.95 Å². The quantitative estimate of drug-likeness (QED) is 0.915. The van der Waals surface area contributed by atoms with E-state index >= 15 is 0 Å². The van der Waals surface area contributed by atoms with E-state index in [-0.39, 0.29) is 0 Å². The van der Waals surface area contributed by atoms with Gasteiger partial charge in [0.1, 0.15) is 5.75 Å². The minimum absolute atomic E-state index is 0.382. The molecule has 1 aromatic heterocycles. The Bertz CT molecular complexity index is 625. The summed E-state index contributed by atoms with van der Waals surface area (Å²) in [5, 5.41) is 5.41. The number of hydrogen-bond acceptors (Lipinski definition) is 6. The van der Waals surface area contributed by atoms with Crippen LogP contribution >= 0.6 is 0 Å². The molecule has 1 fully saturated rings. The van der Waals surface area contributed by atoms with Crippen molar-refractivity contribution in [1.29, 1.82) is 0 Å². The summed E-state index contributed by atoms with van der Waals surface area (Å²) in [5.41, 5.74) is 1.95. The molecule has 0 atom stereocenters. The molecule has 1 aliphatic rings. The molecule has 6 heteroatoms. The van der Waals surface area contributed by atoms with Gasteiger partial charge in [0.15, 0.2) is 0 Å². The van der Waals surface area contributed by atoms with Crippen LogP contribution in [0.5, 0.6) is 5.75 Å². The van der Waals surface area contributed by atoms with Crippen LogP contribution in [0.4, 0.5) is 5.95 Å². The number of nitrogens with zero attached hydrogens (tertiary/aromatic N) is 3. The van der Waals surface area contributed by atoms with Crippen LogP contribution in [0, 0.1) is 0 Å². The van der Waals surface area contributed by atoms with Gasteiger partial charge in [-0.1, -0.05) is 0 Å². The minimum Gasteiger partial charge on any atom is -0.497 e. The summed E-state index contributed by atoms with van der Waals surface area (Å²) in [7, 11) is 3.38. The minimum atomic E-state index is 0.382. The lowest BCUT2D eigenvalue weighted by molar-refractivity contribution is -0.142. The zero-order valence-electron chi connectivity index (χ0n) is 13.5. The van der Waals surface area contributed by atoms with E-state index in [4.69, 9.17) is 9.57 Å². The first-order chi connectivity index (χ1) is 11.3. The highest BCUT2D eigenvalue weighted by Gasteiger charge is 2.19. The third-order valence-electron chi connectivity index (χ3n) is 4.09. The molecule has 23 heavy (non-hydrogen) atoms. The molecule has 0 radical (unpaired) electrons. The summed E-state index contributed by atoms with van der Waals surface area (Å²) in [5.74, 6) is 1.51. The predicted molar refractivity (Wildman–Crippen MR) is 89.2 cm³/mol. The highest BCUT2D eigenvalue weighted by Crippen LogP contribution is 2.22. The van der Waals surface area contributed by atoms with Crippen molar-refractivity contribution in [2.75, 3.05) is 32.6 Å². The largest absolute Gasteiger partial charge is 0.497 e. The van der Waals surface area contributed by atoms with Crippen LogP contribution in [-0.4, -0.2) is 48.4 Å². The first kappa shape index (κ1) is 15.7. The van der Waals surface area contributed by atoms with E-state index in [1.54, 1.807) is 20.4 Å². The number of aromatic nitrogens is 2. The number of benzene rings is 1. The number of hydrogen-bond donors (Lipinski definition) is 1. The van der Waals surface area contributed by atoms with E-state index < -0.39 is 0 Å². The van der Waals surface area contributed by atoms with Crippen LogP contribution in [-0.2, 0) is 4.84 Å². The van der Waals surface area contributed by atoms with Gasteiger partial charge < -0.3 is 14.9 Å². The summed E-state index contributed by atoms with van der Waals surface area (Å²) in [4.78, 5) is 14.2. The molecule has 0 bridgehead atoms. The third kappa shape index (κ3) is 3.97. The highest BCUT2D eigenvalue weighted by atomic mass is 16.7. The molecule has 0 spiro atoms. The second kappa shape index (κ2) is 7.39. The number of rotatable bonds is 5. The Labute approximate surface area is 136 Å². The highest BCUT2D eigenvalue weighted by molar-refractivity contribution is 5.60. The Morgan fingerprint density at radius 3 is 2.48 bits per heavy atom. The van der Waals surface area contributed by atoms with Crippen LogP contribution in [0.1, 0.15) is 12.8 Å². The van der Waals surface area contributed by atoms with E-state index in [2.05, 4.69) is 15.3 Å². The van der Waals surface area contributed by atoms with E-state index in [0.717, 1.165) is 42.9 Å². The fourth-order valence-electron chi connectivity index (χ4n) is 2.72. The molecule has 0 saturated carbocycles. The molecule has 1 aromatic carbocycles. The fraction of sp³-hybridized carbons (Fsp3) is 0.412. The lowest BCUT2D eigenvalue weighted by Gasteiger charge is -2.30. The van der Waals surface area contributed by atoms with Crippen molar-refractivity contribution in [1.82, 2.24) is 15.0 Å². The molecule has 1 N–H and O–H groups in total. The van der Waals surface area contributed by atoms with E-state index in [1.165, 1.54) is 0 Å². The Hall–Kier alpha value is -2.18. The van der Waals surface area contributed by atoms with Gasteiger partial charge in [0.25, 0.3) is 0 Å². The van der Waals surface area contributed by atoms with Crippen molar-refractivity contribution in [3.05, 3.63) is 36.5 Å². The standard InChI is InChI=1S/C17H22N4O2/c1-22-15-5-3-13(4-6-15)16-7-10-18-17(20-16)19-14-8-11-21(23-2)12-9-14/h3-7,10,14H,8-9,11-12H2,1-2H3,(H,18,19,20). The molecule has 122 valence electrons. The molecular formula is C17H22N4O2. The van der Waals surface area contributed by atoms with Crippen molar-refractivity contribution in [3.63, 3.8) is 0 Å². The normalized spacial score (nSPS) is 16.3. The van der Waals surface area contributed by atoms with E-state index in [0.29, 0.717) is 12.0 Å². The van der Waals surface area contributed by atoms with Gasteiger partial charge >= 0.3 is 0 Å². The van der Waals surface area contributed by atoms with Gasteiger partial charge in [-0.15, -0.1) is 0 Å². The maximum atomic E-state index is 5.25. The summed E-state index contributed by atoms with van der Waals surface area (Å²) in [6.45, 7) is 1.85. The number of hydroxylamine groups is 2. The predicted octanol–water partition coefficient (Wildman–Crippen LogP) is 2.59. The summed E-state index contributed by atoms with van der Waals surface area (Å²) in [6.07, 6.45) is 3.83. The molecule has 0 amide bonds. The van der Waals surface area contributed by atoms with Gasteiger partial charge in [-0.3, -0.25) is 0 Å². The second-order valence-corrected chi connectivity index (χ2v) is 5.52. The summed E-state index contributed by atoms with van der Waals surface area (Å²) >= 11 is 0. The second-order valence-electron chi connectivity index (χ2n) is 5.52. The van der Waals surface area contributed by atoms with Crippen molar-refractivity contribution in [2.45, 2.75) is 18.9 Å². The number of nitrogens with one attached hydrogen (secondary N) is 1. The van der Waals surface area contributed by atoms with Crippen molar-refractivity contribution in [3.8, 4) is 17.0 Å². The maximum absolute atomic E-state index is 5.25. The summed E-state index contributed by atoms with van der Waals surface area (Å²) < 4.78 is 5.19. The molecular weight excluding hydrogens is 292 g/mol. The Morgan fingerprint density at radius 1 is 1.09 bits per heavy atom. The van der Waals surface area contributed by atoms with E-state index in [9.17, 15) is 0 Å². The monoisotopic (exact) mass is 314 g/mol. The van der Waals surface area contributed by atoms with Gasteiger partial charge in [-0.2, -0.15) is 5.06 Å². The SMILES string of the molecule is COc1ccc(-c2ccnc(NC3CCN(OC)CC3)n2)cc1. The Morgan fingerprint density at radius 2 is 1.83 bits per heavy atom. The number of methoxy groups -OCH3 is 1. The van der Waals surface area contributed by atoms with Crippen molar-refractivity contribution < 1.29 is 9.57 Å². The molecule has 0 unspecified atom stereocenters. The molecule has 3 rings (SSSR count). The molecule has 0 aliphatic carbocycles.